The van der Waals surface area contributed by atoms with E-state index >= 15 is 0 Å². The molecule has 1 rings (SSSR count). The van der Waals surface area contributed by atoms with Crippen LogP contribution < -0.4 is 0 Å². The largest absolute Gasteiger partial charge is 0.390 e. The summed E-state index contributed by atoms with van der Waals surface area (Å²) in [5.41, 5.74) is -0.105. The van der Waals surface area contributed by atoms with E-state index in [9.17, 15) is 5.11 Å². The van der Waals surface area contributed by atoms with Crippen molar-refractivity contribution >= 4 is 0 Å². The molecule has 0 spiro atoms. The van der Waals surface area contributed by atoms with Crippen LogP contribution in [0, 0.1) is 17.3 Å². The first-order chi connectivity index (χ1) is 8.19. The molecule has 3 atom stereocenters. The van der Waals surface area contributed by atoms with Crippen molar-refractivity contribution < 1.29 is 5.11 Å². The van der Waals surface area contributed by atoms with Crippen LogP contribution in [0.15, 0.2) is 12.7 Å². The van der Waals surface area contributed by atoms with Crippen LogP contribution in [-0.2, 0) is 0 Å². The van der Waals surface area contributed by atoms with Gasteiger partial charge < -0.3 is 5.11 Å². The highest BCUT2D eigenvalue weighted by Crippen LogP contribution is 2.45. The Bertz CT molecular complexity index is 234. The third-order valence-electron chi connectivity index (χ3n) is 4.12. The smallest absolute Gasteiger partial charge is 0.0651 e. The van der Waals surface area contributed by atoms with E-state index in [0.29, 0.717) is 11.3 Å². The molecule has 0 radical (unpaired) electrons. The minimum atomic E-state index is -0.476. The molecule has 0 heterocycles. The molecule has 0 aromatic rings. The average Bonchev–Trinajstić information content (AvgIpc) is 2.20. The van der Waals surface area contributed by atoms with Gasteiger partial charge in [0, 0.05) is 0 Å². The van der Waals surface area contributed by atoms with Crippen molar-refractivity contribution in [3.63, 3.8) is 0 Å². The Morgan fingerprint density at radius 2 is 1.83 bits per heavy atom. The van der Waals surface area contributed by atoms with Crippen LogP contribution in [0.4, 0.5) is 0 Å². The van der Waals surface area contributed by atoms with Gasteiger partial charge in [0.15, 0.2) is 0 Å². The summed E-state index contributed by atoms with van der Waals surface area (Å²) in [6.07, 6.45) is 7.38. The molecule has 1 N–H and O–H groups in total. The second kappa shape index (κ2) is 7.33. The highest BCUT2D eigenvalue weighted by molar-refractivity contribution is 4.94. The van der Waals surface area contributed by atoms with E-state index in [-0.39, 0.29) is 0 Å². The second-order valence-electron chi connectivity index (χ2n) is 7.12. The number of hydrogen-bond acceptors (Lipinski definition) is 1. The molecule has 108 valence electrons. The molecule has 0 aromatic heterocycles. The molecule has 0 amide bonds. The quantitative estimate of drug-likeness (QED) is 0.672. The van der Waals surface area contributed by atoms with Crippen LogP contribution >= 0.6 is 0 Å². The Labute approximate surface area is 115 Å². The minimum Gasteiger partial charge on any atom is -0.390 e. The van der Waals surface area contributed by atoms with Crippen molar-refractivity contribution in [3.05, 3.63) is 12.7 Å². The van der Waals surface area contributed by atoms with Gasteiger partial charge in [0.25, 0.3) is 0 Å². The molecule has 0 bridgehead atoms. The average molecular weight is 254 g/mol. The predicted molar refractivity (Wildman–Crippen MR) is 81.7 cm³/mol. The number of allylic oxidation sites excluding steroid dienone is 1. The Morgan fingerprint density at radius 1 is 1.33 bits per heavy atom. The SMILES string of the molecule is C=CCC1CC(C(C)(C)C)CCC1(C)O.CCC. The Balaban J connectivity index is 0.000000873. The zero-order valence-electron chi connectivity index (χ0n) is 13.4. The summed E-state index contributed by atoms with van der Waals surface area (Å²) in [6, 6.07) is 0. The first kappa shape index (κ1) is 17.7. The zero-order valence-corrected chi connectivity index (χ0v) is 13.4. The molecule has 18 heavy (non-hydrogen) atoms. The van der Waals surface area contributed by atoms with E-state index < -0.39 is 5.60 Å². The molecule has 1 saturated carbocycles. The summed E-state index contributed by atoms with van der Waals surface area (Å²) in [7, 11) is 0. The van der Waals surface area contributed by atoms with Crippen molar-refractivity contribution in [2.45, 2.75) is 79.2 Å². The number of rotatable bonds is 2. The van der Waals surface area contributed by atoms with Gasteiger partial charge in [0.2, 0.25) is 0 Å². The van der Waals surface area contributed by atoms with Crippen LogP contribution in [0.2, 0.25) is 0 Å². The lowest BCUT2D eigenvalue weighted by molar-refractivity contribution is -0.0605. The highest BCUT2D eigenvalue weighted by Gasteiger charge is 2.40. The van der Waals surface area contributed by atoms with E-state index in [1.54, 1.807) is 0 Å². The van der Waals surface area contributed by atoms with Crippen molar-refractivity contribution in [3.8, 4) is 0 Å². The Hall–Kier alpha value is -0.300. The van der Waals surface area contributed by atoms with E-state index in [1.165, 1.54) is 6.42 Å². The Morgan fingerprint density at radius 3 is 2.22 bits per heavy atom. The van der Waals surface area contributed by atoms with Gasteiger partial charge in [-0.2, -0.15) is 0 Å². The first-order valence-electron chi connectivity index (χ1n) is 7.52. The fourth-order valence-corrected chi connectivity index (χ4v) is 2.72. The van der Waals surface area contributed by atoms with Gasteiger partial charge in [-0.05, 0) is 49.9 Å². The summed E-state index contributed by atoms with van der Waals surface area (Å²) in [5.74, 6) is 1.13. The highest BCUT2D eigenvalue weighted by atomic mass is 16.3. The first-order valence-corrected chi connectivity index (χ1v) is 7.52. The summed E-state index contributed by atoms with van der Waals surface area (Å²) >= 11 is 0. The summed E-state index contributed by atoms with van der Waals surface area (Å²) in [4.78, 5) is 0. The summed E-state index contributed by atoms with van der Waals surface area (Å²) in [5, 5.41) is 10.3. The molecule has 1 aliphatic rings. The normalized spacial score (nSPS) is 32.4. The van der Waals surface area contributed by atoms with E-state index in [2.05, 4.69) is 41.2 Å². The number of hydrogen-bond donors (Lipinski definition) is 1. The molecule has 1 aliphatic carbocycles. The van der Waals surface area contributed by atoms with E-state index in [0.717, 1.165) is 31.6 Å². The van der Waals surface area contributed by atoms with Gasteiger partial charge >= 0.3 is 0 Å². The van der Waals surface area contributed by atoms with Crippen LogP contribution in [-0.4, -0.2) is 10.7 Å². The standard InChI is InChI=1S/C14H26O.C3H8/c1-6-7-12-10-11(13(2,3)4)8-9-14(12,5)15;1-3-2/h6,11-12,15H,1,7-10H2,2-5H3;3H2,1-2H3. The maximum Gasteiger partial charge on any atom is 0.0651 e. The van der Waals surface area contributed by atoms with E-state index in [1.807, 2.05) is 13.0 Å². The van der Waals surface area contributed by atoms with Crippen LogP contribution in [0.1, 0.15) is 73.6 Å². The molecule has 3 unspecified atom stereocenters. The van der Waals surface area contributed by atoms with Gasteiger partial charge in [0.05, 0.1) is 5.60 Å². The fourth-order valence-electron chi connectivity index (χ4n) is 2.72. The van der Waals surface area contributed by atoms with Crippen molar-refractivity contribution in [1.82, 2.24) is 0 Å². The minimum absolute atomic E-state index is 0.371. The van der Waals surface area contributed by atoms with Gasteiger partial charge in [-0.25, -0.2) is 0 Å². The molecular formula is C17H34O. The van der Waals surface area contributed by atoms with Crippen molar-refractivity contribution in [1.29, 1.82) is 0 Å². The summed E-state index contributed by atoms with van der Waals surface area (Å²) < 4.78 is 0. The van der Waals surface area contributed by atoms with Crippen LogP contribution in [0.3, 0.4) is 0 Å². The lowest BCUT2D eigenvalue weighted by atomic mass is 9.63. The molecule has 0 saturated heterocycles. The molecule has 1 nitrogen and oxygen atoms in total. The fraction of sp³-hybridized carbons (Fsp3) is 0.882. The third-order valence-corrected chi connectivity index (χ3v) is 4.12. The second-order valence-corrected chi connectivity index (χ2v) is 7.12. The number of aliphatic hydroxyl groups is 1. The lowest BCUT2D eigenvalue weighted by Gasteiger charge is -2.45. The zero-order chi connectivity index (χ0) is 14.4. The van der Waals surface area contributed by atoms with Crippen molar-refractivity contribution in [2.75, 3.05) is 0 Å². The summed E-state index contributed by atoms with van der Waals surface area (Å²) in [6.45, 7) is 17.0. The topological polar surface area (TPSA) is 20.2 Å². The monoisotopic (exact) mass is 254 g/mol. The van der Waals surface area contributed by atoms with Crippen LogP contribution in [0.25, 0.3) is 0 Å². The molecular weight excluding hydrogens is 220 g/mol. The van der Waals surface area contributed by atoms with Gasteiger partial charge in [-0.3, -0.25) is 0 Å². The molecule has 0 aliphatic heterocycles. The van der Waals surface area contributed by atoms with E-state index in [4.69, 9.17) is 0 Å². The maximum absolute atomic E-state index is 10.3. The Kier molecular flexibility index (Phi) is 7.21. The van der Waals surface area contributed by atoms with Gasteiger partial charge in [0.1, 0.15) is 0 Å². The van der Waals surface area contributed by atoms with Crippen LogP contribution in [0.5, 0.6) is 0 Å². The van der Waals surface area contributed by atoms with Crippen molar-refractivity contribution in [2.24, 2.45) is 17.3 Å². The third kappa shape index (κ3) is 5.56. The lowest BCUT2D eigenvalue weighted by Crippen LogP contribution is -2.42. The molecule has 1 heteroatoms. The van der Waals surface area contributed by atoms with Gasteiger partial charge in [-0.1, -0.05) is 47.1 Å². The predicted octanol–water partition coefficient (Wildman–Crippen LogP) is 5.19. The van der Waals surface area contributed by atoms with Gasteiger partial charge in [-0.15, -0.1) is 6.58 Å². The molecule has 0 aromatic carbocycles. The maximum atomic E-state index is 10.3. The molecule has 1 fully saturated rings.